The van der Waals surface area contributed by atoms with Gasteiger partial charge in [0.15, 0.2) is 0 Å². The number of carbonyl (C=O) groups is 1. The average molecular weight is 656 g/mol. The molecule has 1 saturated heterocycles. The molecule has 3 aromatic rings. The molecule has 45 heavy (non-hydrogen) atoms. The smallest absolute Gasteiger partial charge is 0.248 e. The zero-order valence-electron chi connectivity index (χ0n) is 26.0. The summed E-state index contributed by atoms with van der Waals surface area (Å²) in [7, 11) is 6.98. The van der Waals surface area contributed by atoms with Crippen LogP contribution in [0.5, 0.6) is 11.5 Å². The van der Waals surface area contributed by atoms with Crippen LogP contribution in [0, 0.1) is 0 Å². The van der Waals surface area contributed by atoms with Crippen molar-refractivity contribution in [2.24, 2.45) is 0 Å². The Labute approximate surface area is 274 Å². The highest BCUT2D eigenvalue weighted by atomic mass is 35.5. The predicted octanol–water partition coefficient (Wildman–Crippen LogP) is 6.20. The lowest BCUT2D eigenvalue weighted by molar-refractivity contribution is -0.111. The number of nitrogens with zero attached hydrogens (tertiary/aromatic N) is 3. The number of hydrogen-bond acceptors (Lipinski definition) is 9. The van der Waals surface area contributed by atoms with E-state index in [2.05, 4.69) is 20.6 Å². The van der Waals surface area contributed by atoms with Gasteiger partial charge >= 0.3 is 0 Å². The van der Waals surface area contributed by atoms with E-state index in [4.69, 9.17) is 43.1 Å². The van der Waals surface area contributed by atoms with Gasteiger partial charge in [0.2, 0.25) is 11.9 Å². The molecule has 2 heterocycles. The van der Waals surface area contributed by atoms with Crippen LogP contribution in [0.1, 0.15) is 36.0 Å². The lowest BCUT2D eigenvalue weighted by Crippen LogP contribution is -2.20. The Morgan fingerprint density at radius 2 is 1.87 bits per heavy atom. The summed E-state index contributed by atoms with van der Waals surface area (Å²) in [6.07, 6.45) is 9.97. The number of likely N-dealkylation sites (N-methyl/N-ethyl adjacent to an activating group) is 1. The minimum atomic E-state index is -0.165. The van der Waals surface area contributed by atoms with Crippen LogP contribution in [0.3, 0.4) is 0 Å². The fourth-order valence-electron chi connectivity index (χ4n) is 4.83. The molecule has 12 heteroatoms. The normalized spacial score (nSPS) is 15.1. The van der Waals surface area contributed by atoms with Gasteiger partial charge in [0, 0.05) is 48.3 Å². The molecule has 0 unspecified atom stereocenters. The van der Waals surface area contributed by atoms with Gasteiger partial charge in [-0.1, -0.05) is 41.4 Å². The summed E-state index contributed by atoms with van der Waals surface area (Å²) >= 11 is 13.7. The van der Waals surface area contributed by atoms with Crippen molar-refractivity contribution in [3.63, 3.8) is 0 Å². The Bertz CT molecular complexity index is 1490. The maximum Gasteiger partial charge on any atom is 0.248 e. The van der Waals surface area contributed by atoms with Gasteiger partial charge in [0.25, 0.3) is 0 Å². The number of halogens is 2. The first kappa shape index (κ1) is 34.1. The molecule has 240 valence electrons. The molecule has 4 rings (SSSR count). The number of allylic oxidation sites excluding steroid dienone is 1. The van der Waals surface area contributed by atoms with Gasteiger partial charge in [-0.05, 0) is 69.1 Å². The van der Waals surface area contributed by atoms with Gasteiger partial charge in [-0.2, -0.15) is 4.98 Å². The summed E-state index contributed by atoms with van der Waals surface area (Å²) in [5.41, 5.74) is 10.3. The number of hydrogen-bond donors (Lipinski definition) is 3. The molecule has 1 aliphatic rings. The van der Waals surface area contributed by atoms with Crippen molar-refractivity contribution < 1.29 is 19.0 Å². The summed E-state index contributed by atoms with van der Waals surface area (Å²) in [6, 6.07) is 9.62. The van der Waals surface area contributed by atoms with E-state index in [1.807, 2.05) is 55.4 Å². The first-order valence-electron chi connectivity index (χ1n) is 14.7. The second-order valence-corrected chi connectivity index (χ2v) is 11.7. The molecule has 0 spiro atoms. The summed E-state index contributed by atoms with van der Waals surface area (Å²) in [4.78, 5) is 23.1. The molecule has 4 N–H and O–H groups in total. The highest BCUT2D eigenvalue weighted by Gasteiger charge is 2.21. The largest absolute Gasteiger partial charge is 0.495 e. The van der Waals surface area contributed by atoms with E-state index in [1.54, 1.807) is 26.5 Å². The predicted molar refractivity (Wildman–Crippen MR) is 182 cm³/mol. The first-order chi connectivity index (χ1) is 21.7. The molecule has 1 aromatic heterocycles. The van der Waals surface area contributed by atoms with Gasteiger partial charge < -0.3 is 35.5 Å². The average Bonchev–Trinajstić information content (AvgIpc) is 3.52. The van der Waals surface area contributed by atoms with Gasteiger partial charge in [0.1, 0.15) is 17.3 Å². The van der Waals surface area contributed by atoms with Crippen LogP contribution in [-0.4, -0.2) is 74.9 Å². The number of aryl methyl sites for hydroxylation is 1. The lowest BCUT2D eigenvalue weighted by atomic mass is 9.95. The maximum atomic E-state index is 12.2. The van der Waals surface area contributed by atoms with Gasteiger partial charge in [-0.15, -0.1) is 0 Å². The summed E-state index contributed by atoms with van der Waals surface area (Å²) in [5.74, 6) is 1.48. The van der Waals surface area contributed by atoms with Crippen LogP contribution >= 0.6 is 23.2 Å². The highest BCUT2D eigenvalue weighted by Crippen LogP contribution is 2.45. The number of rotatable bonds is 14. The molecule has 10 nitrogen and oxygen atoms in total. The number of amides is 1. The minimum Gasteiger partial charge on any atom is -0.495 e. The van der Waals surface area contributed by atoms with Crippen LogP contribution in [0.2, 0.25) is 10.0 Å². The Morgan fingerprint density at radius 3 is 2.47 bits per heavy atom. The fraction of sp³-hybridized carbons (Fsp3) is 0.364. The molecule has 2 aromatic carbocycles. The standard InChI is InChI=1S/C33H40Cl2N6O4/c1-41(2)15-6-9-28(42)38-24-12-10-21(11-13-24)7-5-8-22(29-30(34)26(43-3)18-27(44-4)31(29)35)17-23-19-37-33(40-32(23)36)39-25-14-16-45-20-25/h6,9-13,17-19,25H,5,7-8,14-16,20H2,1-4H3,(H,38,42)(H3,36,37,39,40)/b9-6+,22-17+/t25-/m0/s1. The van der Waals surface area contributed by atoms with Crippen molar-refractivity contribution in [2.75, 3.05) is 64.4 Å². The number of nitrogens with one attached hydrogen (secondary N) is 2. The van der Waals surface area contributed by atoms with E-state index in [1.165, 1.54) is 6.08 Å². The SMILES string of the molecule is COc1cc(OC)c(Cl)c(/C(=C/c2cnc(N[C@H]3CCOC3)nc2N)CCCc2ccc(NC(=O)/C=C/CN(C)C)cc2)c1Cl. The summed E-state index contributed by atoms with van der Waals surface area (Å²) in [5, 5.41) is 6.90. The number of anilines is 3. The number of carbonyl (C=O) groups excluding carboxylic acids is 1. The number of nitrogen functional groups attached to an aromatic ring is 1. The molecule has 1 amide bonds. The maximum absolute atomic E-state index is 12.2. The van der Waals surface area contributed by atoms with Gasteiger partial charge in [-0.3, -0.25) is 4.79 Å². The topological polar surface area (TPSA) is 124 Å². The number of ether oxygens (including phenoxy) is 3. The van der Waals surface area contributed by atoms with Crippen molar-refractivity contribution in [1.82, 2.24) is 14.9 Å². The highest BCUT2D eigenvalue weighted by molar-refractivity contribution is 6.39. The molecular weight excluding hydrogens is 615 g/mol. The second kappa shape index (κ2) is 16.5. The molecule has 0 radical (unpaired) electrons. The van der Waals surface area contributed by atoms with Crippen LogP contribution < -0.4 is 25.8 Å². The Balaban J connectivity index is 1.54. The fourth-order valence-corrected chi connectivity index (χ4v) is 5.58. The number of aromatic nitrogens is 2. The van der Waals surface area contributed by atoms with E-state index in [0.29, 0.717) is 70.6 Å². The van der Waals surface area contributed by atoms with Gasteiger partial charge in [0.05, 0.1) is 36.9 Å². The second-order valence-electron chi connectivity index (χ2n) is 10.9. The van der Waals surface area contributed by atoms with E-state index < -0.39 is 0 Å². The molecule has 1 fully saturated rings. The molecule has 1 aliphatic heterocycles. The van der Waals surface area contributed by atoms with Crippen LogP contribution in [0.15, 0.2) is 48.7 Å². The zero-order valence-corrected chi connectivity index (χ0v) is 27.5. The lowest BCUT2D eigenvalue weighted by Gasteiger charge is -2.18. The molecule has 0 bridgehead atoms. The third-order valence-electron chi connectivity index (χ3n) is 7.21. The number of nitrogens with two attached hydrogens (primary N) is 1. The third kappa shape index (κ3) is 9.58. The van der Waals surface area contributed by atoms with Crippen LogP contribution in [-0.2, 0) is 16.0 Å². The monoisotopic (exact) mass is 654 g/mol. The van der Waals surface area contributed by atoms with Crippen molar-refractivity contribution >= 4 is 58.2 Å². The molecule has 0 saturated carbocycles. The van der Waals surface area contributed by atoms with E-state index in [-0.39, 0.29) is 11.9 Å². The van der Waals surface area contributed by atoms with Gasteiger partial charge in [-0.25, -0.2) is 4.98 Å². The first-order valence-corrected chi connectivity index (χ1v) is 15.4. The van der Waals surface area contributed by atoms with Crippen LogP contribution in [0.4, 0.5) is 17.5 Å². The van der Waals surface area contributed by atoms with E-state index >= 15 is 0 Å². The molecule has 0 aliphatic carbocycles. The van der Waals surface area contributed by atoms with Crippen LogP contribution in [0.25, 0.3) is 11.6 Å². The Hall–Kier alpha value is -3.83. The quantitative estimate of drug-likeness (QED) is 0.174. The Kier molecular flexibility index (Phi) is 12.5. The zero-order chi connectivity index (χ0) is 32.3. The third-order valence-corrected chi connectivity index (χ3v) is 7.96. The van der Waals surface area contributed by atoms with E-state index in [0.717, 1.165) is 36.1 Å². The van der Waals surface area contributed by atoms with Crippen molar-refractivity contribution in [3.05, 3.63) is 75.4 Å². The number of benzene rings is 2. The molecular formula is C33H40Cl2N6O4. The number of methoxy groups -OCH3 is 2. The minimum absolute atomic E-state index is 0.151. The van der Waals surface area contributed by atoms with Crippen molar-refractivity contribution in [1.29, 1.82) is 0 Å². The van der Waals surface area contributed by atoms with Crippen molar-refractivity contribution in [2.45, 2.75) is 31.7 Å². The van der Waals surface area contributed by atoms with Crippen molar-refractivity contribution in [3.8, 4) is 11.5 Å². The van der Waals surface area contributed by atoms with E-state index in [9.17, 15) is 4.79 Å². The summed E-state index contributed by atoms with van der Waals surface area (Å²) < 4.78 is 16.5. The molecule has 1 atom stereocenters. The Morgan fingerprint density at radius 1 is 1.16 bits per heavy atom. The summed E-state index contributed by atoms with van der Waals surface area (Å²) in [6.45, 7) is 2.01.